The van der Waals surface area contributed by atoms with Crippen LogP contribution in [0.3, 0.4) is 0 Å². The van der Waals surface area contributed by atoms with Crippen molar-refractivity contribution in [2.24, 2.45) is 0 Å². The van der Waals surface area contributed by atoms with Gasteiger partial charge in [-0.15, -0.1) is 0 Å². The predicted octanol–water partition coefficient (Wildman–Crippen LogP) is 3.25. The third kappa shape index (κ3) is 10.7. The lowest BCUT2D eigenvalue weighted by Gasteiger charge is -2.39. The Morgan fingerprint density at radius 3 is 2.50 bits per heavy atom. The fraction of sp³-hybridized carbons (Fsp3) is 0.857. The molecule has 0 aromatic carbocycles. The minimum atomic E-state index is -0.699. The zero-order chi connectivity index (χ0) is 21.5. The topological polar surface area (TPSA) is 74.2 Å². The number of hydrogen-bond acceptors (Lipinski definition) is 6. The maximum absolute atomic E-state index is 11.6. The molecule has 0 saturated carbocycles. The highest BCUT2D eigenvalue weighted by atomic mass is 28.2. The summed E-state index contributed by atoms with van der Waals surface area (Å²) in [5.41, 5.74) is -0.486. The second-order valence-electron chi connectivity index (χ2n) is 9.88. The molecule has 0 unspecified atom stereocenters. The highest BCUT2D eigenvalue weighted by Crippen LogP contribution is 2.28. The van der Waals surface area contributed by atoms with E-state index in [4.69, 9.17) is 18.6 Å². The highest BCUT2D eigenvalue weighted by molar-refractivity contribution is 6.31. The normalized spacial score (nSPS) is 28.2. The molecule has 1 heterocycles. The lowest BCUT2D eigenvalue weighted by molar-refractivity contribution is -0.270. The second kappa shape index (κ2) is 10.9. The largest absolute Gasteiger partial charge is 0.457 e. The van der Waals surface area contributed by atoms with Gasteiger partial charge in [-0.2, -0.15) is 0 Å². The minimum absolute atomic E-state index is 0.0761. The monoisotopic (exact) mass is 416 g/mol. The number of hydrogen-bond donors (Lipinski definition) is 1. The molecular formula is C21H40O6Si. The number of aliphatic hydroxyl groups is 1. The maximum Gasteiger partial charge on any atom is 0.330 e. The molecule has 7 heteroatoms. The van der Waals surface area contributed by atoms with Crippen LogP contribution in [0.1, 0.15) is 74.7 Å². The minimum Gasteiger partial charge on any atom is -0.457 e. The first kappa shape index (κ1) is 25.3. The Labute approximate surface area is 172 Å². The molecule has 1 aliphatic heterocycles. The molecule has 1 N–H and O–H groups in total. The molecule has 0 aromatic rings. The molecule has 6 nitrogen and oxygen atoms in total. The fourth-order valence-corrected chi connectivity index (χ4v) is 3.88. The van der Waals surface area contributed by atoms with Crippen molar-refractivity contribution in [1.82, 2.24) is 0 Å². The van der Waals surface area contributed by atoms with Gasteiger partial charge in [-0.3, -0.25) is 0 Å². The number of esters is 1. The molecular weight excluding hydrogens is 376 g/mol. The van der Waals surface area contributed by atoms with Crippen LogP contribution in [0, 0.1) is 0 Å². The molecule has 164 valence electrons. The van der Waals surface area contributed by atoms with Gasteiger partial charge in [-0.25, -0.2) is 4.79 Å². The van der Waals surface area contributed by atoms with E-state index in [1.807, 2.05) is 34.6 Å². The van der Waals surface area contributed by atoms with Gasteiger partial charge in [0, 0.05) is 12.5 Å². The van der Waals surface area contributed by atoms with Crippen LogP contribution in [0.5, 0.6) is 0 Å². The molecule has 28 heavy (non-hydrogen) atoms. The van der Waals surface area contributed by atoms with E-state index in [-0.39, 0.29) is 29.3 Å². The van der Waals surface area contributed by atoms with Gasteiger partial charge >= 0.3 is 5.97 Å². The van der Waals surface area contributed by atoms with E-state index < -0.39 is 27.8 Å². The summed E-state index contributed by atoms with van der Waals surface area (Å²) in [6, 6.07) is 0. The number of aliphatic hydroxyl groups excluding tert-OH is 1. The van der Waals surface area contributed by atoms with Gasteiger partial charge in [0.2, 0.25) is 0 Å². The van der Waals surface area contributed by atoms with E-state index in [0.29, 0.717) is 12.8 Å². The molecule has 0 spiro atoms. The standard InChI is InChI=1S/C21H40O6Si/c1-14(11-9-10-12-18(23)26-20(3,4)5)24-19-16(22)13-17(15(2)25-19)27-28-21(6,7)8/h10,12,14-17,19,22H,9,11,13,28H2,1-8H3/b12-10+/t14-,15+,16-,17-,19-/m1/s1. The van der Waals surface area contributed by atoms with Crippen LogP contribution in [0.4, 0.5) is 0 Å². The Bertz CT molecular complexity index is 508. The van der Waals surface area contributed by atoms with Gasteiger partial charge in [0.1, 0.15) is 11.7 Å². The summed E-state index contributed by atoms with van der Waals surface area (Å²) in [6.07, 6.45) is 3.54. The molecule has 5 atom stereocenters. The molecule has 0 bridgehead atoms. The number of carbonyl (C=O) groups is 1. The lowest BCUT2D eigenvalue weighted by Crippen LogP contribution is -2.49. The maximum atomic E-state index is 11.6. The molecule has 1 saturated heterocycles. The van der Waals surface area contributed by atoms with Gasteiger partial charge in [-0.05, 0) is 52.5 Å². The molecule has 1 aliphatic rings. The summed E-state index contributed by atoms with van der Waals surface area (Å²) in [6.45, 7) is 16.0. The predicted molar refractivity (Wildman–Crippen MR) is 113 cm³/mol. The molecule has 0 amide bonds. The van der Waals surface area contributed by atoms with Crippen LogP contribution in [0.25, 0.3) is 0 Å². The van der Waals surface area contributed by atoms with E-state index >= 15 is 0 Å². The van der Waals surface area contributed by atoms with Crippen LogP contribution >= 0.6 is 0 Å². The van der Waals surface area contributed by atoms with Crippen molar-refractivity contribution in [2.45, 2.75) is 116 Å². The number of rotatable bonds is 8. The molecule has 1 rings (SSSR count). The molecule has 0 radical (unpaired) electrons. The molecule has 0 aromatic heterocycles. The van der Waals surface area contributed by atoms with Crippen molar-refractivity contribution < 1.29 is 28.5 Å². The molecule has 1 fully saturated rings. The number of ether oxygens (including phenoxy) is 3. The van der Waals surface area contributed by atoms with E-state index in [1.54, 1.807) is 6.08 Å². The number of allylic oxidation sites excluding steroid dienone is 1. The quantitative estimate of drug-likeness (QED) is 0.372. The first-order valence-corrected chi connectivity index (χ1v) is 11.6. The summed E-state index contributed by atoms with van der Waals surface area (Å²) < 4.78 is 23.1. The number of carbonyl (C=O) groups excluding carboxylic acids is 1. The van der Waals surface area contributed by atoms with Gasteiger partial charge in [0.25, 0.3) is 0 Å². The van der Waals surface area contributed by atoms with E-state index in [2.05, 4.69) is 20.8 Å². The Kier molecular flexibility index (Phi) is 9.83. The van der Waals surface area contributed by atoms with Crippen molar-refractivity contribution in [1.29, 1.82) is 0 Å². The average molecular weight is 417 g/mol. The zero-order valence-corrected chi connectivity index (χ0v) is 20.3. The first-order valence-electron chi connectivity index (χ1n) is 10.3. The van der Waals surface area contributed by atoms with Crippen LogP contribution in [0.15, 0.2) is 12.2 Å². The van der Waals surface area contributed by atoms with Crippen molar-refractivity contribution >= 4 is 15.7 Å². The summed E-state index contributed by atoms with van der Waals surface area (Å²) in [5, 5.41) is 10.6. The van der Waals surface area contributed by atoms with Crippen LogP contribution in [-0.2, 0) is 23.4 Å². The van der Waals surface area contributed by atoms with Gasteiger partial charge in [-0.1, -0.05) is 26.8 Å². The SMILES string of the molecule is C[C@H](CC/C=C/C(=O)OC(C)(C)C)O[C@@H]1O[C@@H](C)[C@H](O[SiH2]C(C)(C)C)C[C@H]1O. The highest BCUT2D eigenvalue weighted by Gasteiger charge is 2.37. The van der Waals surface area contributed by atoms with Crippen LogP contribution in [0.2, 0.25) is 5.04 Å². The lowest BCUT2D eigenvalue weighted by atomic mass is 10.0. The van der Waals surface area contributed by atoms with Crippen molar-refractivity contribution in [3.63, 3.8) is 0 Å². The van der Waals surface area contributed by atoms with Gasteiger partial charge < -0.3 is 23.7 Å². The van der Waals surface area contributed by atoms with E-state index in [1.165, 1.54) is 6.08 Å². The molecule has 0 aliphatic carbocycles. The third-order valence-corrected chi connectivity index (χ3v) is 5.62. The van der Waals surface area contributed by atoms with Crippen molar-refractivity contribution in [2.75, 3.05) is 0 Å². The Hall–Kier alpha value is -0.733. The zero-order valence-electron chi connectivity index (χ0n) is 18.9. The third-order valence-electron chi connectivity index (χ3n) is 4.16. The van der Waals surface area contributed by atoms with Crippen molar-refractivity contribution in [3.05, 3.63) is 12.2 Å². The first-order chi connectivity index (χ1) is 12.8. The smallest absolute Gasteiger partial charge is 0.330 e. The van der Waals surface area contributed by atoms with Crippen LogP contribution < -0.4 is 0 Å². The van der Waals surface area contributed by atoms with Gasteiger partial charge in [0.05, 0.1) is 18.3 Å². The van der Waals surface area contributed by atoms with E-state index in [9.17, 15) is 9.90 Å². The van der Waals surface area contributed by atoms with Gasteiger partial charge in [0.15, 0.2) is 16.1 Å². The van der Waals surface area contributed by atoms with E-state index in [0.717, 1.165) is 6.42 Å². The summed E-state index contributed by atoms with van der Waals surface area (Å²) >= 11 is 0. The summed E-state index contributed by atoms with van der Waals surface area (Å²) in [7, 11) is -0.698. The van der Waals surface area contributed by atoms with Crippen molar-refractivity contribution in [3.8, 4) is 0 Å². The fourth-order valence-electron chi connectivity index (χ4n) is 2.76. The average Bonchev–Trinajstić information content (AvgIpc) is 2.51. The Morgan fingerprint density at radius 1 is 1.29 bits per heavy atom. The Morgan fingerprint density at radius 2 is 1.93 bits per heavy atom. The summed E-state index contributed by atoms with van der Waals surface area (Å²) in [4.78, 5) is 11.6. The summed E-state index contributed by atoms with van der Waals surface area (Å²) in [5.74, 6) is -0.342. The Balaban J connectivity index is 2.36. The second-order valence-corrected chi connectivity index (χ2v) is 12.6. The van der Waals surface area contributed by atoms with Crippen LogP contribution in [-0.4, -0.2) is 57.1 Å².